The highest BCUT2D eigenvalue weighted by Crippen LogP contribution is 2.36. The first-order chi connectivity index (χ1) is 17.8. The Hall–Kier alpha value is -2.94. The van der Waals surface area contributed by atoms with E-state index >= 15 is 0 Å². The molecule has 1 aromatic heterocycles. The molecule has 0 unspecified atom stereocenters. The number of sulfonamides is 1. The zero-order chi connectivity index (χ0) is 26.0. The van der Waals surface area contributed by atoms with Crippen LogP contribution in [-0.4, -0.2) is 67.8 Å². The molecule has 0 bridgehead atoms. The molecule has 2 aliphatic heterocycles. The van der Waals surface area contributed by atoms with Gasteiger partial charge in [0.05, 0.1) is 5.92 Å². The van der Waals surface area contributed by atoms with E-state index in [2.05, 4.69) is 16.8 Å². The fourth-order valence-electron chi connectivity index (χ4n) is 5.46. The number of anilines is 1. The van der Waals surface area contributed by atoms with E-state index in [1.165, 1.54) is 10.5 Å². The summed E-state index contributed by atoms with van der Waals surface area (Å²) in [5.74, 6) is -0.480. The van der Waals surface area contributed by atoms with E-state index in [1.54, 1.807) is 18.3 Å². The predicted molar refractivity (Wildman–Crippen MR) is 145 cm³/mol. The minimum atomic E-state index is -3.74. The molecule has 2 fully saturated rings. The van der Waals surface area contributed by atoms with Gasteiger partial charge in [0.1, 0.15) is 4.90 Å². The lowest BCUT2D eigenvalue weighted by Crippen LogP contribution is -2.54. The Morgan fingerprint density at radius 1 is 0.973 bits per heavy atom. The van der Waals surface area contributed by atoms with Gasteiger partial charge < -0.3 is 9.80 Å². The summed E-state index contributed by atoms with van der Waals surface area (Å²) < 4.78 is 28.2. The predicted octanol–water partition coefficient (Wildman–Crippen LogP) is 4.19. The molecule has 0 saturated carbocycles. The molecule has 3 heterocycles. The van der Waals surface area contributed by atoms with Crippen LogP contribution < -0.4 is 4.90 Å². The molecule has 0 N–H and O–H groups in total. The maximum Gasteiger partial charge on any atom is 0.244 e. The van der Waals surface area contributed by atoms with Crippen molar-refractivity contribution in [2.45, 2.75) is 24.2 Å². The van der Waals surface area contributed by atoms with E-state index < -0.39 is 15.9 Å². The first kappa shape index (κ1) is 25.7. The van der Waals surface area contributed by atoms with E-state index in [0.29, 0.717) is 44.2 Å². The second kappa shape index (κ2) is 10.8. The fourth-order valence-corrected chi connectivity index (χ4v) is 7.08. The number of pyridine rings is 1. The van der Waals surface area contributed by atoms with Gasteiger partial charge in [0.15, 0.2) is 0 Å². The smallest absolute Gasteiger partial charge is 0.244 e. The summed E-state index contributed by atoms with van der Waals surface area (Å²) in [4.78, 5) is 22.3. The number of rotatable bonds is 5. The Morgan fingerprint density at radius 2 is 1.73 bits per heavy atom. The lowest BCUT2D eigenvalue weighted by molar-refractivity contribution is -0.137. The molecule has 9 heteroatoms. The van der Waals surface area contributed by atoms with E-state index in [1.807, 2.05) is 53.4 Å². The van der Waals surface area contributed by atoms with Crippen molar-refractivity contribution in [2.75, 3.05) is 44.2 Å². The van der Waals surface area contributed by atoms with Gasteiger partial charge in [0, 0.05) is 62.4 Å². The van der Waals surface area contributed by atoms with Crippen LogP contribution in [0.15, 0.2) is 78.0 Å². The average Bonchev–Trinajstić information content (AvgIpc) is 2.94. The van der Waals surface area contributed by atoms with Crippen molar-refractivity contribution in [1.29, 1.82) is 0 Å². The molecule has 2 aromatic carbocycles. The summed E-state index contributed by atoms with van der Waals surface area (Å²) in [6.45, 7) is 5.15. The molecule has 2 aliphatic rings. The van der Waals surface area contributed by atoms with Gasteiger partial charge in [-0.1, -0.05) is 48.0 Å². The second-order valence-corrected chi connectivity index (χ2v) is 12.1. The largest absolute Gasteiger partial charge is 0.368 e. The van der Waals surface area contributed by atoms with Crippen molar-refractivity contribution in [3.05, 3.63) is 89.2 Å². The van der Waals surface area contributed by atoms with Crippen LogP contribution >= 0.6 is 11.6 Å². The normalized spacial score (nSPS) is 21.1. The Bertz CT molecular complexity index is 1350. The first-order valence-corrected chi connectivity index (χ1v) is 14.4. The molecule has 0 radical (unpaired) electrons. The van der Waals surface area contributed by atoms with Crippen molar-refractivity contribution < 1.29 is 13.2 Å². The molecule has 0 aliphatic carbocycles. The summed E-state index contributed by atoms with van der Waals surface area (Å²) >= 11 is 6.24. The standard InChI is InChI=1S/C28H31ClN4O3S/c1-21-9-10-23(29)18-27(21)31-14-16-32(17-15-31)28(34)26-20-33(37(35,36)24-8-5-12-30-19-24)13-11-25(26)22-6-3-2-4-7-22/h2-10,12,18-19,25-26H,11,13-17,20H2,1H3/t25-,26-/m1/s1. The van der Waals surface area contributed by atoms with Crippen molar-refractivity contribution in [3.8, 4) is 0 Å². The number of carbonyl (C=O) groups is 1. The minimum Gasteiger partial charge on any atom is -0.368 e. The quantitative estimate of drug-likeness (QED) is 0.487. The van der Waals surface area contributed by atoms with Crippen LogP contribution in [0.1, 0.15) is 23.5 Å². The topological polar surface area (TPSA) is 73.8 Å². The number of amides is 1. The molecule has 1 amide bonds. The Kier molecular flexibility index (Phi) is 7.51. The Morgan fingerprint density at radius 3 is 2.43 bits per heavy atom. The Balaban J connectivity index is 1.36. The number of halogens is 1. The van der Waals surface area contributed by atoms with Crippen LogP contribution in [0.25, 0.3) is 0 Å². The summed E-state index contributed by atoms with van der Waals surface area (Å²) in [7, 11) is -3.74. The van der Waals surface area contributed by atoms with Crippen LogP contribution in [0.2, 0.25) is 5.02 Å². The molecule has 194 valence electrons. The second-order valence-electron chi connectivity index (χ2n) is 9.71. The monoisotopic (exact) mass is 538 g/mol. The lowest BCUT2D eigenvalue weighted by Gasteiger charge is -2.42. The van der Waals surface area contributed by atoms with Gasteiger partial charge in [-0.3, -0.25) is 9.78 Å². The minimum absolute atomic E-state index is 0.0161. The average molecular weight is 539 g/mol. The number of benzene rings is 2. The number of piperazine rings is 1. The highest BCUT2D eigenvalue weighted by Gasteiger charge is 2.41. The first-order valence-electron chi connectivity index (χ1n) is 12.6. The van der Waals surface area contributed by atoms with Crippen molar-refractivity contribution >= 4 is 33.2 Å². The van der Waals surface area contributed by atoms with Crippen molar-refractivity contribution in [2.24, 2.45) is 5.92 Å². The summed E-state index contributed by atoms with van der Waals surface area (Å²) in [6, 6.07) is 19.0. The number of hydrogen-bond acceptors (Lipinski definition) is 5. The summed E-state index contributed by atoms with van der Waals surface area (Å²) in [5, 5.41) is 0.696. The zero-order valence-corrected chi connectivity index (χ0v) is 22.4. The number of carbonyl (C=O) groups excluding carboxylic acids is 1. The molecule has 2 atom stereocenters. The molecule has 3 aromatic rings. The van der Waals surface area contributed by atoms with Gasteiger partial charge in [-0.15, -0.1) is 0 Å². The van der Waals surface area contributed by atoms with Gasteiger partial charge >= 0.3 is 0 Å². The molecular weight excluding hydrogens is 508 g/mol. The molecule has 2 saturated heterocycles. The highest BCUT2D eigenvalue weighted by atomic mass is 35.5. The maximum atomic E-state index is 14.0. The van der Waals surface area contributed by atoms with Gasteiger partial charge in [0.2, 0.25) is 15.9 Å². The third-order valence-corrected chi connectivity index (χ3v) is 9.58. The van der Waals surface area contributed by atoms with E-state index in [0.717, 1.165) is 16.8 Å². The Labute approximate surface area is 223 Å². The van der Waals surface area contributed by atoms with Gasteiger partial charge in [-0.25, -0.2) is 8.42 Å². The van der Waals surface area contributed by atoms with Crippen LogP contribution in [0.5, 0.6) is 0 Å². The third-order valence-electron chi connectivity index (χ3n) is 7.50. The molecule has 5 rings (SSSR count). The SMILES string of the molecule is Cc1ccc(Cl)cc1N1CCN(C(=O)[C@@H]2CN(S(=O)(=O)c3cccnc3)CC[C@@H]2c2ccccc2)CC1. The van der Waals surface area contributed by atoms with Gasteiger partial charge in [-0.2, -0.15) is 4.31 Å². The van der Waals surface area contributed by atoms with Crippen LogP contribution in [0.3, 0.4) is 0 Å². The van der Waals surface area contributed by atoms with Gasteiger partial charge in [0.25, 0.3) is 0 Å². The molecule has 7 nitrogen and oxygen atoms in total. The number of hydrogen-bond donors (Lipinski definition) is 0. The van der Waals surface area contributed by atoms with Gasteiger partial charge in [-0.05, 0) is 54.7 Å². The fraction of sp³-hybridized carbons (Fsp3) is 0.357. The number of aryl methyl sites for hydroxylation is 1. The van der Waals surface area contributed by atoms with Crippen LogP contribution in [0, 0.1) is 12.8 Å². The third kappa shape index (κ3) is 5.37. The van der Waals surface area contributed by atoms with E-state index in [4.69, 9.17) is 11.6 Å². The highest BCUT2D eigenvalue weighted by molar-refractivity contribution is 7.89. The maximum absolute atomic E-state index is 14.0. The van der Waals surface area contributed by atoms with Crippen LogP contribution in [0.4, 0.5) is 5.69 Å². The molecular formula is C28H31ClN4O3S. The van der Waals surface area contributed by atoms with Crippen LogP contribution in [-0.2, 0) is 14.8 Å². The molecule has 0 spiro atoms. The zero-order valence-electron chi connectivity index (χ0n) is 20.8. The summed E-state index contributed by atoms with van der Waals surface area (Å²) in [6.07, 6.45) is 3.51. The number of nitrogens with zero attached hydrogens (tertiary/aromatic N) is 4. The van der Waals surface area contributed by atoms with E-state index in [9.17, 15) is 13.2 Å². The molecule has 37 heavy (non-hydrogen) atoms. The number of aromatic nitrogens is 1. The van der Waals surface area contributed by atoms with Crippen molar-refractivity contribution in [3.63, 3.8) is 0 Å². The van der Waals surface area contributed by atoms with Crippen molar-refractivity contribution in [1.82, 2.24) is 14.2 Å². The van der Waals surface area contributed by atoms with E-state index in [-0.39, 0.29) is 23.3 Å². The number of piperidine rings is 1. The summed E-state index contributed by atoms with van der Waals surface area (Å²) in [5.41, 5.74) is 3.32. The lowest BCUT2D eigenvalue weighted by atomic mass is 9.80.